The fourth-order valence-corrected chi connectivity index (χ4v) is 4.98. The van der Waals surface area contributed by atoms with Gasteiger partial charge in [-0.2, -0.15) is 5.10 Å². The maximum absolute atomic E-state index is 12.4. The number of rotatable bonds is 5. The molecule has 3 atom stereocenters. The Morgan fingerprint density at radius 1 is 1.03 bits per heavy atom. The predicted molar refractivity (Wildman–Crippen MR) is 132 cm³/mol. The van der Waals surface area contributed by atoms with E-state index in [4.69, 9.17) is 4.74 Å². The zero-order valence-electron chi connectivity index (χ0n) is 20.5. The SMILES string of the molecule is Cc1cnn(-c2ccc(N3CCC[C@H](N[C@@H]4CCCC[C@H]4NC(=O)OC(C)(C)C)C3)cc2)c1. The van der Waals surface area contributed by atoms with Gasteiger partial charge in [0.1, 0.15) is 5.60 Å². The lowest BCUT2D eigenvalue weighted by molar-refractivity contribution is 0.0476. The number of nitrogens with one attached hydrogen (secondary N) is 2. The van der Waals surface area contributed by atoms with Gasteiger partial charge in [-0.3, -0.25) is 0 Å². The Hall–Kier alpha value is -2.54. The summed E-state index contributed by atoms with van der Waals surface area (Å²) in [7, 11) is 0. The highest BCUT2D eigenvalue weighted by Gasteiger charge is 2.31. The van der Waals surface area contributed by atoms with Crippen LogP contribution >= 0.6 is 0 Å². The van der Waals surface area contributed by atoms with Crippen LogP contribution in [0.2, 0.25) is 0 Å². The molecule has 1 aliphatic heterocycles. The van der Waals surface area contributed by atoms with Crippen molar-refractivity contribution in [3.05, 3.63) is 42.2 Å². The van der Waals surface area contributed by atoms with Crippen molar-refractivity contribution in [2.45, 2.75) is 89.9 Å². The molecule has 2 N–H and O–H groups in total. The number of hydrogen-bond acceptors (Lipinski definition) is 5. The number of piperidine rings is 1. The van der Waals surface area contributed by atoms with Crippen LogP contribution in [0.25, 0.3) is 5.69 Å². The molecule has 0 radical (unpaired) electrons. The summed E-state index contributed by atoms with van der Waals surface area (Å²) in [6.07, 6.45) is 10.4. The van der Waals surface area contributed by atoms with Gasteiger partial charge in [-0.1, -0.05) is 12.8 Å². The Kier molecular flexibility index (Phi) is 7.27. The highest BCUT2D eigenvalue weighted by molar-refractivity contribution is 5.68. The molecule has 2 aliphatic rings. The van der Waals surface area contributed by atoms with E-state index in [0.717, 1.165) is 56.4 Å². The number of alkyl carbamates (subject to hydrolysis) is 1. The molecule has 7 nitrogen and oxygen atoms in total. The summed E-state index contributed by atoms with van der Waals surface area (Å²) in [6.45, 7) is 9.82. The normalized spacial score (nSPS) is 23.9. The van der Waals surface area contributed by atoms with Crippen molar-refractivity contribution in [3.8, 4) is 5.69 Å². The quantitative estimate of drug-likeness (QED) is 0.694. The third-order valence-corrected chi connectivity index (χ3v) is 6.53. The van der Waals surface area contributed by atoms with Gasteiger partial charge in [0.25, 0.3) is 0 Å². The van der Waals surface area contributed by atoms with Crippen LogP contribution in [0.4, 0.5) is 10.5 Å². The second-order valence-electron chi connectivity index (χ2n) is 10.6. The van der Waals surface area contributed by atoms with Crippen molar-refractivity contribution >= 4 is 11.8 Å². The van der Waals surface area contributed by atoms with Crippen LogP contribution in [0.15, 0.2) is 36.7 Å². The number of amides is 1. The van der Waals surface area contributed by atoms with Crippen LogP contribution < -0.4 is 15.5 Å². The van der Waals surface area contributed by atoms with Gasteiger partial charge in [0.05, 0.1) is 11.9 Å². The van der Waals surface area contributed by atoms with Gasteiger partial charge in [0, 0.05) is 43.1 Å². The van der Waals surface area contributed by atoms with Gasteiger partial charge in [-0.25, -0.2) is 9.48 Å². The van der Waals surface area contributed by atoms with E-state index in [2.05, 4.69) is 51.8 Å². The van der Waals surface area contributed by atoms with Crippen LogP contribution in [0, 0.1) is 6.92 Å². The van der Waals surface area contributed by atoms with Crippen LogP contribution in [-0.2, 0) is 4.74 Å². The number of benzene rings is 1. The molecule has 1 aromatic heterocycles. The molecule has 180 valence electrons. The molecule has 1 aromatic carbocycles. The first kappa shape index (κ1) is 23.6. The lowest BCUT2D eigenvalue weighted by atomic mass is 9.89. The van der Waals surface area contributed by atoms with Crippen molar-refractivity contribution in [2.24, 2.45) is 0 Å². The van der Waals surface area contributed by atoms with Crippen LogP contribution in [-0.4, -0.2) is 52.7 Å². The molecule has 2 fully saturated rings. The van der Waals surface area contributed by atoms with Gasteiger partial charge in [0.2, 0.25) is 0 Å². The second-order valence-corrected chi connectivity index (χ2v) is 10.6. The summed E-state index contributed by atoms with van der Waals surface area (Å²) in [6, 6.07) is 9.51. The lowest BCUT2D eigenvalue weighted by Gasteiger charge is -2.40. The molecular formula is C26H39N5O2. The average molecular weight is 454 g/mol. The number of ether oxygens (including phenoxy) is 1. The van der Waals surface area contributed by atoms with Gasteiger partial charge in [-0.15, -0.1) is 0 Å². The maximum atomic E-state index is 12.4. The van der Waals surface area contributed by atoms with Crippen LogP contribution in [0.3, 0.4) is 0 Å². The molecule has 1 saturated carbocycles. The largest absolute Gasteiger partial charge is 0.444 e. The van der Waals surface area contributed by atoms with Gasteiger partial charge in [-0.05, 0) is 83.2 Å². The molecule has 0 spiro atoms. The molecule has 1 aliphatic carbocycles. The molecular weight excluding hydrogens is 414 g/mol. The fourth-order valence-electron chi connectivity index (χ4n) is 4.98. The topological polar surface area (TPSA) is 71.4 Å². The van der Waals surface area contributed by atoms with E-state index in [1.165, 1.54) is 12.1 Å². The van der Waals surface area contributed by atoms with Gasteiger partial charge in [0.15, 0.2) is 0 Å². The zero-order valence-corrected chi connectivity index (χ0v) is 20.5. The van der Waals surface area contributed by atoms with E-state index < -0.39 is 5.60 Å². The summed E-state index contributed by atoms with van der Waals surface area (Å²) in [5, 5.41) is 11.4. The van der Waals surface area contributed by atoms with Crippen molar-refractivity contribution in [3.63, 3.8) is 0 Å². The number of hydrogen-bond donors (Lipinski definition) is 2. The van der Waals surface area contributed by atoms with Crippen molar-refractivity contribution in [1.82, 2.24) is 20.4 Å². The lowest BCUT2D eigenvalue weighted by Crippen LogP contribution is -2.57. The first-order valence-corrected chi connectivity index (χ1v) is 12.4. The third kappa shape index (κ3) is 6.50. The first-order chi connectivity index (χ1) is 15.8. The van der Waals surface area contributed by atoms with Crippen LogP contribution in [0.1, 0.15) is 64.9 Å². The van der Waals surface area contributed by atoms with E-state index in [1.54, 1.807) is 0 Å². The minimum absolute atomic E-state index is 0.126. The first-order valence-electron chi connectivity index (χ1n) is 12.4. The Balaban J connectivity index is 1.35. The summed E-state index contributed by atoms with van der Waals surface area (Å²) in [5.74, 6) is 0. The molecule has 33 heavy (non-hydrogen) atoms. The Morgan fingerprint density at radius 3 is 2.39 bits per heavy atom. The number of carbonyl (C=O) groups is 1. The van der Waals surface area contributed by atoms with Gasteiger partial charge >= 0.3 is 6.09 Å². The minimum atomic E-state index is -0.475. The summed E-state index contributed by atoms with van der Waals surface area (Å²) in [4.78, 5) is 14.8. The molecule has 0 unspecified atom stereocenters. The average Bonchev–Trinajstić information content (AvgIpc) is 3.20. The summed E-state index contributed by atoms with van der Waals surface area (Å²) >= 11 is 0. The number of nitrogens with zero attached hydrogens (tertiary/aromatic N) is 3. The Bertz CT molecular complexity index is 918. The van der Waals surface area contributed by atoms with Crippen LogP contribution in [0.5, 0.6) is 0 Å². The minimum Gasteiger partial charge on any atom is -0.444 e. The number of anilines is 1. The standard InChI is InChI=1S/C26H39N5O2/c1-19-16-27-31(17-19)22-13-11-21(12-14-22)30-15-7-8-20(18-30)28-23-9-5-6-10-24(23)29-25(32)33-26(2,3)4/h11-14,16-17,20,23-24,28H,5-10,15,18H2,1-4H3,(H,29,32)/t20-,23+,24+/m0/s1. The third-order valence-electron chi connectivity index (χ3n) is 6.53. The number of carbonyl (C=O) groups excluding carboxylic acids is 1. The zero-order chi connectivity index (χ0) is 23.4. The monoisotopic (exact) mass is 453 g/mol. The highest BCUT2D eigenvalue weighted by Crippen LogP contribution is 2.25. The molecule has 2 aromatic rings. The molecule has 2 heterocycles. The van der Waals surface area contributed by atoms with Crippen molar-refractivity contribution in [1.29, 1.82) is 0 Å². The maximum Gasteiger partial charge on any atom is 0.407 e. The van der Waals surface area contributed by atoms with E-state index in [0.29, 0.717) is 12.1 Å². The molecule has 1 amide bonds. The smallest absolute Gasteiger partial charge is 0.407 e. The van der Waals surface area contributed by atoms with E-state index >= 15 is 0 Å². The van der Waals surface area contributed by atoms with Crippen molar-refractivity contribution < 1.29 is 9.53 Å². The number of aryl methyl sites for hydroxylation is 1. The van der Waals surface area contributed by atoms with E-state index in [1.807, 2.05) is 37.8 Å². The predicted octanol–water partition coefficient (Wildman–Crippen LogP) is 4.58. The Labute approximate surface area is 197 Å². The van der Waals surface area contributed by atoms with Gasteiger partial charge < -0.3 is 20.3 Å². The van der Waals surface area contributed by atoms with E-state index in [-0.39, 0.29) is 12.1 Å². The van der Waals surface area contributed by atoms with E-state index in [9.17, 15) is 4.79 Å². The second kappa shape index (κ2) is 10.2. The fraction of sp³-hybridized carbons (Fsp3) is 0.615. The molecule has 4 rings (SSSR count). The highest BCUT2D eigenvalue weighted by atomic mass is 16.6. The molecule has 0 bridgehead atoms. The summed E-state index contributed by atoms with van der Waals surface area (Å²) in [5.41, 5.74) is 3.02. The number of aromatic nitrogens is 2. The Morgan fingerprint density at radius 2 is 1.73 bits per heavy atom. The molecule has 1 saturated heterocycles. The summed E-state index contributed by atoms with van der Waals surface area (Å²) < 4.78 is 7.42. The molecule has 7 heteroatoms. The van der Waals surface area contributed by atoms with Crippen molar-refractivity contribution in [2.75, 3.05) is 18.0 Å².